The molecule has 2 rings (SSSR count). The Balaban J connectivity index is 2.52. The lowest BCUT2D eigenvalue weighted by Crippen LogP contribution is -2.00. The minimum absolute atomic E-state index is 0.293. The molecule has 0 aliphatic carbocycles. The van der Waals surface area contributed by atoms with E-state index < -0.39 is 11.8 Å². The first kappa shape index (κ1) is 9.86. The first-order valence-electron chi connectivity index (χ1n) is 4.24. The number of hydrogen-bond donors (Lipinski definition) is 1. The second-order valence-electron chi connectivity index (χ2n) is 3.01. The fourth-order valence-corrected chi connectivity index (χ4v) is 1.96. The summed E-state index contributed by atoms with van der Waals surface area (Å²) >= 11 is 1.51. The predicted molar refractivity (Wildman–Crippen MR) is 56.7 cm³/mol. The zero-order valence-electron chi connectivity index (χ0n) is 7.61. The molecule has 0 radical (unpaired) electrons. The number of carboxylic acids is 1. The van der Waals surface area contributed by atoms with E-state index in [1.165, 1.54) is 23.5 Å². The van der Waals surface area contributed by atoms with Gasteiger partial charge in [-0.05, 0) is 40.1 Å². The minimum Gasteiger partial charge on any atom is -0.478 e. The summed E-state index contributed by atoms with van der Waals surface area (Å²) in [7, 11) is 0. The lowest BCUT2D eigenvalue weighted by Gasteiger charge is -2.01. The Hall–Kier alpha value is -1.68. The molecule has 0 unspecified atom stereocenters. The third-order valence-corrected chi connectivity index (χ3v) is 2.73. The van der Waals surface area contributed by atoms with Crippen molar-refractivity contribution >= 4 is 17.3 Å². The molecule has 2 nitrogen and oxygen atoms in total. The van der Waals surface area contributed by atoms with Crippen molar-refractivity contribution in [1.82, 2.24) is 0 Å². The SMILES string of the molecule is O=C(O)c1cc(-c2ccsc2)ccc1F. The average Bonchev–Trinajstić information content (AvgIpc) is 2.71. The summed E-state index contributed by atoms with van der Waals surface area (Å²) in [6, 6.07) is 5.96. The quantitative estimate of drug-likeness (QED) is 0.846. The van der Waals surface area contributed by atoms with Crippen molar-refractivity contribution in [2.24, 2.45) is 0 Å². The van der Waals surface area contributed by atoms with E-state index in [9.17, 15) is 9.18 Å². The Morgan fingerprint density at radius 3 is 2.67 bits per heavy atom. The topological polar surface area (TPSA) is 37.3 Å². The first-order chi connectivity index (χ1) is 7.18. The molecule has 2 aromatic rings. The van der Waals surface area contributed by atoms with Crippen molar-refractivity contribution in [3.05, 3.63) is 46.4 Å². The smallest absolute Gasteiger partial charge is 0.338 e. The van der Waals surface area contributed by atoms with E-state index in [0.717, 1.165) is 11.1 Å². The number of carbonyl (C=O) groups is 1. The van der Waals surface area contributed by atoms with E-state index >= 15 is 0 Å². The molecule has 0 atom stereocenters. The van der Waals surface area contributed by atoms with Gasteiger partial charge in [0.05, 0.1) is 5.56 Å². The molecular weight excluding hydrogens is 215 g/mol. The van der Waals surface area contributed by atoms with Crippen LogP contribution in [-0.2, 0) is 0 Å². The van der Waals surface area contributed by atoms with Crippen molar-refractivity contribution in [2.75, 3.05) is 0 Å². The monoisotopic (exact) mass is 222 g/mol. The molecule has 76 valence electrons. The number of benzene rings is 1. The normalized spacial score (nSPS) is 10.2. The van der Waals surface area contributed by atoms with Gasteiger partial charge in [-0.15, -0.1) is 0 Å². The summed E-state index contributed by atoms with van der Waals surface area (Å²) in [5.41, 5.74) is 1.33. The number of hydrogen-bond acceptors (Lipinski definition) is 2. The number of thiophene rings is 1. The molecule has 1 aromatic carbocycles. The van der Waals surface area contributed by atoms with Gasteiger partial charge in [-0.2, -0.15) is 11.3 Å². The van der Waals surface area contributed by atoms with Gasteiger partial charge in [-0.1, -0.05) is 6.07 Å². The second kappa shape index (κ2) is 3.82. The second-order valence-corrected chi connectivity index (χ2v) is 3.79. The predicted octanol–water partition coefficient (Wildman–Crippen LogP) is 3.25. The molecular formula is C11H7FO2S. The van der Waals surface area contributed by atoms with Gasteiger partial charge in [-0.3, -0.25) is 0 Å². The van der Waals surface area contributed by atoms with Gasteiger partial charge in [0.2, 0.25) is 0 Å². The summed E-state index contributed by atoms with van der Waals surface area (Å²) in [6.07, 6.45) is 0. The lowest BCUT2D eigenvalue weighted by atomic mass is 10.1. The lowest BCUT2D eigenvalue weighted by molar-refractivity contribution is 0.0692. The van der Waals surface area contributed by atoms with E-state index in [0.29, 0.717) is 0 Å². The Morgan fingerprint density at radius 2 is 2.07 bits per heavy atom. The van der Waals surface area contributed by atoms with Crippen molar-refractivity contribution in [2.45, 2.75) is 0 Å². The Labute approximate surface area is 89.6 Å². The molecule has 15 heavy (non-hydrogen) atoms. The van der Waals surface area contributed by atoms with Crippen LogP contribution >= 0.6 is 11.3 Å². The fourth-order valence-electron chi connectivity index (χ4n) is 1.30. The summed E-state index contributed by atoms with van der Waals surface area (Å²) in [4.78, 5) is 10.7. The van der Waals surface area contributed by atoms with E-state index in [4.69, 9.17) is 5.11 Å². The van der Waals surface area contributed by atoms with Gasteiger partial charge in [0.1, 0.15) is 5.82 Å². The maximum atomic E-state index is 13.1. The largest absolute Gasteiger partial charge is 0.478 e. The highest BCUT2D eigenvalue weighted by Gasteiger charge is 2.11. The van der Waals surface area contributed by atoms with Crippen LogP contribution < -0.4 is 0 Å². The molecule has 0 amide bonds. The molecule has 0 fully saturated rings. The minimum atomic E-state index is -1.25. The molecule has 4 heteroatoms. The highest BCUT2D eigenvalue weighted by molar-refractivity contribution is 7.08. The maximum Gasteiger partial charge on any atom is 0.338 e. The number of rotatable bonds is 2. The molecule has 1 N–H and O–H groups in total. The number of halogens is 1. The maximum absolute atomic E-state index is 13.1. The van der Waals surface area contributed by atoms with Crippen LogP contribution in [0.25, 0.3) is 11.1 Å². The first-order valence-corrected chi connectivity index (χ1v) is 5.18. The molecule has 0 aliphatic rings. The molecule has 0 bridgehead atoms. The third kappa shape index (κ3) is 1.89. The van der Waals surface area contributed by atoms with Crippen LogP contribution in [0.3, 0.4) is 0 Å². The molecule has 0 aliphatic heterocycles. The van der Waals surface area contributed by atoms with Gasteiger partial charge in [0.15, 0.2) is 0 Å². The van der Waals surface area contributed by atoms with Crippen molar-refractivity contribution in [3.8, 4) is 11.1 Å². The van der Waals surface area contributed by atoms with Gasteiger partial charge in [-0.25, -0.2) is 9.18 Å². The molecule has 0 spiro atoms. The zero-order chi connectivity index (χ0) is 10.8. The Kier molecular flexibility index (Phi) is 2.51. The van der Waals surface area contributed by atoms with Gasteiger partial charge >= 0.3 is 5.97 Å². The summed E-state index contributed by atoms with van der Waals surface area (Å²) in [6.45, 7) is 0. The Bertz CT molecular complexity index is 491. The Morgan fingerprint density at radius 1 is 1.27 bits per heavy atom. The van der Waals surface area contributed by atoms with E-state index in [1.807, 2.05) is 16.8 Å². The van der Waals surface area contributed by atoms with Crippen molar-refractivity contribution < 1.29 is 14.3 Å². The van der Waals surface area contributed by atoms with Crippen molar-refractivity contribution in [1.29, 1.82) is 0 Å². The summed E-state index contributed by atoms with van der Waals surface area (Å²) < 4.78 is 13.1. The average molecular weight is 222 g/mol. The third-order valence-electron chi connectivity index (χ3n) is 2.05. The van der Waals surface area contributed by atoms with E-state index in [-0.39, 0.29) is 5.56 Å². The van der Waals surface area contributed by atoms with E-state index in [2.05, 4.69) is 0 Å². The van der Waals surface area contributed by atoms with Crippen LogP contribution in [0.15, 0.2) is 35.0 Å². The van der Waals surface area contributed by atoms with E-state index in [1.54, 1.807) is 6.07 Å². The van der Waals surface area contributed by atoms with Crippen LogP contribution in [0, 0.1) is 5.82 Å². The highest BCUT2D eigenvalue weighted by atomic mass is 32.1. The van der Waals surface area contributed by atoms with Crippen LogP contribution in [-0.4, -0.2) is 11.1 Å². The van der Waals surface area contributed by atoms with Crippen LogP contribution in [0.2, 0.25) is 0 Å². The summed E-state index contributed by atoms with van der Waals surface area (Å²) in [5.74, 6) is -1.95. The molecule has 1 heterocycles. The zero-order valence-corrected chi connectivity index (χ0v) is 8.42. The number of carboxylic acid groups (broad SMARTS) is 1. The van der Waals surface area contributed by atoms with Gasteiger partial charge < -0.3 is 5.11 Å². The van der Waals surface area contributed by atoms with Gasteiger partial charge in [0.25, 0.3) is 0 Å². The van der Waals surface area contributed by atoms with Crippen LogP contribution in [0.1, 0.15) is 10.4 Å². The van der Waals surface area contributed by atoms with Crippen molar-refractivity contribution in [3.63, 3.8) is 0 Å². The fraction of sp³-hybridized carbons (Fsp3) is 0. The molecule has 0 saturated carbocycles. The standard InChI is InChI=1S/C11H7FO2S/c12-10-2-1-7(5-9(10)11(13)14)8-3-4-15-6-8/h1-6H,(H,13,14). The van der Waals surface area contributed by atoms with Crippen LogP contribution in [0.4, 0.5) is 4.39 Å². The van der Waals surface area contributed by atoms with Gasteiger partial charge in [0, 0.05) is 0 Å². The van der Waals surface area contributed by atoms with Crippen LogP contribution in [0.5, 0.6) is 0 Å². The highest BCUT2D eigenvalue weighted by Crippen LogP contribution is 2.24. The molecule has 1 aromatic heterocycles. The summed E-state index contributed by atoms with van der Waals surface area (Å²) in [5, 5.41) is 12.5. The molecule has 0 saturated heterocycles. The number of aromatic carboxylic acids is 1.